The number of phenolic OH excluding ortho intramolecular Hbond substituents is 2. The molecule has 0 unspecified atom stereocenters. The minimum Gasteiger partial charge on any atom is -0.504 e. The lowest BCUT2D eigenvalue weighted by Gasteiger charge is -2.37. The Labute approximate surface area is 174 Å². The minimum absolute atomic E-state index is 0.00133. The summed E-state index contributed by atoms with van der Waals surface area (Å²) >= 11 is 12.6. The first-order valence-electron chi connectivity index (χ1n) is 8.41. The lowest BCUT2D eigenvalue weighted by atomic mass is 9.77. The number of fused-ring (bicyclic) bond motifs is 6. The molecule has 0 saturated heterocycles. The molecule has 1 spiro atoms. The van der Waals surface area contributed by atoms with Crippen molar-refractivity contribution in [1.82, 2.24) is 0 Å². The van der Waals surface area contributed by atoms with E-state index in [0.29, 0.717) is 22.3 Å². The van der Waals surface area contributed by atoms with Crippen LogP contribution < -0.4 is 16.2 Å². The van der Waals surface area contributed by atoms with Gasteiger partial charge in [0, 0.05) is 5.56 Å². The molecule has 0 radical (unpaired) electrons. The van der Waals surface area contributed by atoms with Gasteiger partial charge >= 0.3 is 5.97 Å². The van der Waals surface area contributed by atoms with Crippen molar-refractivity contribution in [3.8, 4) is 23.0 Å². The first-order valence-corrected chi connectivity index (χ1v) is 9.16. The first kappa shape index (κ1) is 17.8. The summed E-state index contributed by atoms with van der Waals surface area (Å²) in [5, 5.41) is 20.1. The highest BCUT2D eigenvalue weighted by atomic mass is 35.5. The molecule has 9 heteroatoms. The summed E-state index contributed by atoms with van der Waals surface area (Å²) in [7, 11) is 0. The van der Waals surface area contributed by atoms with Gasteiger partial charge < -0.3 is 31.2 Å². The number of nitrogens with two attached hydrogens (primary N) is 2. The van der Waals surface area contributed by atoms with Gasteiger partial charge in [0.1, 0.15) is 10.0 Å². The van der Waals surface area contributed by atoms with Crippen LogP contribution in [0, 0.1) is 0 Å². The Morgan fingerprint density at radius 1 is 0.862 bits per heavy atom. The van der Waals surface area contributed by atoms with Crippen LogP contribution in [0.4, 0.5) is 11.4 Å². The van der Waals surface area contributed by atoms with E-state index < -0.39 is 23.1 Å². The molecule has 2 heterocycles. The highest BCUT2D eigenvalue weighted by molar-refractivity contribution is 6.35. The Kier molecular flexibility index (Phi) is 3.45. The van der Waals surface area contributed by atoms with E-state index in [1.54, 1.807) is 24.3 Å². The number of ether oxygens (including phenoxy) is 2. The van der Waals surface area contributed by atoms with E-state index in [-0.39, 0.29) is 32.9 Å². The third-order valence-electron chi connectivity index (χ3n) is 5.19. The molecular formula is C20H12Cl2N2O5. The maximum Gasteiger partial charge on any atom is 0.340 e. The van der Waals surface area contributed by atoms with Crippen molar-refractivity contribution in [2.24, 2.45) is 0 Å². The van der Waals surface area contributed by atoms with E-state index >= 15 is 0 Å². The topological polar surface area (TPSA) is 128 Å². The van der Waals surface area contributed by atoms with Crippen LogP contribution in [0.1, 0.15) is 27.0 Å². The van der Waals surface area contributed by atoms with Gasteiger partial charge in [0.25, 0.3) is 0 Å². The molecule has 146 valence electrons. The Morgan fingerprint density at radius 2 is 1.38 bits per heavy atom. The Hall–Kier alpha value is -3.29. The van der Waals surface area contributed by atoms with E-state index in [2.05, 4.69) is 0 Å². The van der Waals surface area contributed by atoms with Crippen molar-refractivity contribution < 1.29 is 24.5 Å². The van der Waals surface area contributed by atoms with Gasteiger partial charge in [-0.15, -0.1) is 0 Å². The zero-order valence-corrected chi connectivity index (χ0v) is 16.0. The molecule has 0 amide bonds. The second kappa shape index (κ2) is 5.62. The second-order valence-electron chi connectivity index (χ2n) is 6.73. The molecule has 3 aromatic rings. The number of carbonyl (C=O) groups excluding carboxylic acids is 1. The van der Waals surface area contributed by atoms with Crippen LogP contribution >= 0.6 is 23.2 Å². The Balaban J connectivity index is 1.99. The molecule has 0 aliphatic carbocycles. The number of nitrogen functional groups attached to an aromatic ring is 2. The summed E-state index contributed by atoms with van der Waals surface area (Å²) in [5.74, 6) is -1.36. The van der Waals surface area contributed by atoms with Gasteiger partial charge in [-0.05, 0) is 18.2 Å². The normalized spacial score (nSPS) is 15.3. The second-order valence-corrected chi connectivity index (χ2v) is 7.48. The number of rotatable bonds is 0. The average Bonchev–Trinajstić information content (AvgIpc) is 3.00. The van der Waals surface area contributed by atoms with E-state index in [1.807, 2.05) is 0 Å². The standard InChI is InChI=1S/C20H12Cl2N2O5/c21-13-15(25)11(23)5-9-17(13)28-18-10(6-12(24)16(26)14(18)22)20(9)8-4-2-1-3-7(8)19(27)29-20/h1-6,25-26H,23-24H2. The van der Waals surface area contributed by atoms with Gasteiger partial charge in [-0.2, -0.15) is 0 Å². The van der Waals surface area contributed by atoms with Gasteiger partial charge in [-0.1, -0.05) is 41.4 Å². The molecule has 0 aromatic heterocycles. The van der Waals surface area contributed by atoms with E-state index in [4.69, 9.17) is 44.1 Å². The predicted octanol–water partition coefficient (Wildman–Crippen LogP) is 4.14. The van der Waals surface area contributed by atoms with Crippen LogP contribution in [0.5, 0.6) is 23.0 Å². The number of anilines is 2. The number of esters is 1. The SMILES string of the molecule is Nc1cc2c(c(Cl)c1O)Oc1c(cc(N)c(O)c1Cl)C21OC(=O)c2ccccc21. The van der Waals surface area contributed by atoms with Gasteiger partial charge in [-0.25, -0.2) is 4.79 Å². The Morgan fingerprint density at radius 3 is 1.93 bits per heavy atom. The average molecular weight is 431 g/mol. The molecule has 0 bridgehead atoms. The first-order chi connectivity index (χ1) is 13.8. The van der Waals surface area contributed by atoms with Crippen LogP contribution in [-0.2, 0) is 10.3 Å². The molecule has 7 nitrogen and oxygen atoms in total. The smallest absolute Gasteiger partial charge is 0.340 e. The molecule has 0 saturated carbocycles. The van der Waals surface area contributed by atoms with E-state index in [0.717, 1.165) is 0 Å². The molecule has 3 aromatic carbocycles. The summed E-state index contributed by atoms with van der Waals surface area (Å²) in [6, 6.07) is 9.63. The highest BCUT2D eigenvalue weighted by Crippen LogP contribution is 2.62. The quantitative estimate of drug-likeness (QED) is 0.239. The fraction of sp³-hybridized carbons (Fsp3) is 0.0500. The number of hydrogen-bond acceptors (Lipinski definition) is 7. The lowest BCUT2D eigenvalue weighted by molar-refractivity contribution is 0.0224. The van der Waals surface area contributed by atoms with Crippen LogP contribution in [0.25, 0.3) is 0 Å². The summed E-state index contributed by atoms with van der Waals surface area (Å²) in [6.07, 6.45) is 0. The van der Waals surface area contributed by atoms with Crippen molar-refractivity contribution in [2.75, 3.05) is 11.5 Å². The number of halogens is 2. The largest absolute Gasteiger partial charge is 0.504 e. The van der Waals surface area contributed by atoms with E-state index in [1.165, 1.54) is 12.1 Å². The number of phenols is 2. The monoisotopic (exact) mass is 430 g/mol. The molecule has 6 N–H and O–H groups in total. The summed E-state index contributed by atoms with van der Waals surface area (Å²) < 4.78 is 11.8. The minimum atomic E-state index is -1.53. The zero-order chi connectivity index (χ0) is 20.7. The molecule has 5 rings (SSSR count). The van der Waals surface area contributed by atoms with Gasteiger partial charge in [0.2, 0.25) is 0 Å². The maximum absolute atomic E-state index is 12.7. The molecule has 2 aliphatic rings. The van der Waals surface area contributed by atoms with Crippen molar-refractivity contribution in [3.05, 3.63) is 68.7 Å². The molecule has 0 atom stereocenters. The van der Waals surface area contributed by atoms with Crippen LogP contribution in [0.15, 0.2) is 36.4 Å². The summed E-state index contributed by atoms with van der Waals surface area (Å²) in [5.41, 5.74) is 11.7. The fourth-order valence-corrected chi connectivity index (χ4v) is 4.37. The van der Waals surface area contributed by atoms with Crippen molar-refractivity contribution in [2.45, 2.75) is 5.60 Å². The van der Waals surface area contributed by atoms with Gasteiger partial charge in [0.15, 0.2) is 28.6 Å². The Bertz CT molecular complexity index is 1190. The molecule has 2 aliphatic heterocycles. The molecular weight excluding hydrogens is 419 g/mol. The summed E-state index contributed by atoms with van der Waals surface area (Å²) in [4.78, 5) is 12.7. The van der Waals surface area contributed by atoms with Crippen molar-refractivity contribution >= 4 is 40.5 Å². The maximum atomic E-state index is 12.7. The lowest BCUT2D eigenvalue weighted by Crippen LogP contribution is -2.33. The third-order valence-corrected chi connectivity index (χ3v) is 5.89. The van der Waals surface area contributed by atoms with E-state index in [9.17, 15) is 15.0 Å². The van der Waals surface area contributed by atoms with Crippen LogP contribution in [0.3, 0.4) is 0 Å². The van der Waals surface area contributed by atoms with Gasteiger partial charge in [0.05, 0.1) is 28.1 Å². The zero-order valence-electron chi connectivity index (χ0n) is 14.5. The number of hydrogen-bond donors (Lipinski definition) is 4. The fourth-order valence-electron chi connectivity index (χ4n) is 3.87. The van der Waals surface area contributed by atoms with Gasteiger partial charge in [-0.3, -0.25) is 0 Å². The molecule has 0 fully saturated rings. The number of benzene rings is 3. The van der Waals surface area contributed by atoms with Crippen LogP contribution in [-0.4, -0.2) is 16.2 Å². The van der Waals surface area contributed by atoms with Crippen molar-refractivity contribution in [3.63, 3.8) is 0 Å². The highest BCUT2D eigenvalue weighted by Gasteiger charge is 2.55. The van der Waals surface area contributed by atoms with Crippen LogP contribution in [0.2, 0.25) is 10.0 Å². The van der Waals surface area contributed by atoms with Crippen molar-refractivity contribution in [1.29, 1.82) is 0 Å². The third kappa shape index (κ3) is 2.06. The number of carbonyl (C=O) groups is 1. The molecule has 29 heavy (non-hydrogen) atoms. The predicted molar refractivity (Wildman–Crippen MR) is 107 cm³/mol. The number of aromatic hydroxyl groups is 2. The summed E-state index contributed by atoms with van der Waals surface area (Å²) in [6.45, 7) is 0.